The van der Waals surface area contributed by atoms with Crippen LogP contribution in [0.25, 0.3) is 0 Å². The fourth-order valence-corrected chi connectivity index (χ4v) is 2.24. The van der Waals surface area contributed by atoms with E-state index in [4.69, 9.17) is 19.7 Å². The first kappa shape index (κ1) is 27.7. The number of carboxylic acids is 2. The molecule has 0 saturated heterocycles. The van der Waals surface area contributed by atoms with E-state index >= 15 is 0 Å². The first-order valence-electron chi connectivity index (χ1n) is 9.51. The monoisotopic (exact) mass is 438 g/mol. The molecule has 0 spiro atoms. The van der Waals surface area contributed by atoms with Crippen molar-refractivity contribution in [1.82, 2.24) is 0 Å². The van der Waals surface area contributed by atoms with Crippen molar-refractivity contribution in [3.63, 3.8) is 0 Å². The molecule has 6 N–H and O–H groups in total. The molecular formula is C18H30O12. The Kier molecular flexibility index (Phi) is 14.4. The molecule has 12 nitrogen and oxygen atoms in total. The molecule has 0 heterocycles. The minimum Gasteiger partial charge on any atom is -0.481 e. The van der Waals surface area contributed by atoms with Gasteiger partial charge in [-0.05, 0) is 25.7 Å². The average molecular weight is 438 g/mol. The number of aliphatic hydroxyl groups is 4. The summed E-state index contributed by atoms with van der Waals surface area (Å²) in [5.74, 6) is -3.42. The number of unbranched alkanes of at least 4 members (excludes halogenated alkanes) is 2. The molecule has 12 heteroatoms. The summed E-state index contributed by atoms with van der Waals surface area (Å²) in [6, 6.07) is 0. The lowest BCUT2D eigenvalue weighted by Gasteiger charge is -2.26. The van der Waals surface area contributed by atoms with E-state index in [9.17, 15) is 39.6 Å². The Bertz CT molecular complexity index is 501. The van der Waals surface area contributed by atoms with Gasteiger partial charge in [0.2, 0.25) is 0 Å². The second-order valence-corrected chi connectivity index (χ2v) is 6.68. The topological polar surface area (TPSA) is 208 Å². The van der Waals surface area contributed by atoms with Crippen LogP contribution in [-0.2, 0) is 28.7 Å². The highest BCUT2D eigenvalue weighted by Gasteiger charge is 2.31. The normalized spacial score (nSPS) is 14.9. The third kappa shape index (κ3) is 13.8. The summed E-state index contributed by atoms with van der Waals surface area (Å²) in [6.07, 6.45) is -6.47. The van der Waals surface area contributed by atoms with Gasteiger partial charge >= 0.3 is 23.9 Å². The van der Waals surface area contributed by atoms with E-state index in [2.05, 4.69) is 0 Å². The van der Waals surface area contributed by atoms with Crippen LogP contribution in [-0.4, -0.2) is 92.1 Å². The first-order chi connectivity index (χ1) is 14.0. The SMILES string of the molecule is O=C(O)CCCCC(=O)OCC(O)C(O)C(O)C(O)COC(=O)CCCCC(=O)O. The van der Waals surface area contributed by atoms with Gasteiger partial charge < -0.3 is 40.1 Å². The number of hydrogen-bond donors (Lipinski definition) is 6. The van der Waals surface area contributed by atoms with E-state index in [1.165, 1.54) is 0 Å². The molecule has 0 saturated carbocycles. The van der Waals surface area contributed by atoms with Crippen molar-refractivity contribution in [2.75, 3.05) is 13.2 Å². The molecular weight excluding hydrogens is 408 g/mol. The number of carbonyl (C=O) groups is 4. The molecule has 0 radical (unpaired) electrons. The highest BCUT2D eigenvalue weighted by molar-refractivity contribution is 5.70. The second-order valence-electron chi connectivity index (χ2n) is 6.68. The lowest BCUT2D eigenvalue weighted by atomic mass is 10.0. The number of esters is 2. The van der Waals surface area contributed by atoms with Gasteiger partial charge in [-0.15, -0.1) is 0 Å². The Hall–Kier alpha value is -2.28. The molecule has 0 aromatic carbocycles. The van der Waals surface area contributed by atoms with E-state index in [-0.39, 0.29) is 51.4 Å². The predicted octanol–water partition coefficient (Wildman–Crippen LogP) is -1.19. The van der Waals surface area contributed by atoms with Crippen molar-refractivity contribution in [2.45, 2.75) is 75.8 Å². The highest BCUT2D eigenvalue weighted by atomic mass is 16.5. The maximum Gasteiger partial charge on any atom is 0.305 e. The lowest BCUT2D eigenvalue weighted by Crippen LogP contribution is -2.48. The summed E-state index contributed by atoms with van der Waals surface area (Å²) in [7, 11) is 0. The maximum atomic E-state index is 11.5. The third-order valence-corrected chi connectivity index (χ3v) is 4.01. The van der Waals surface area contributed by atoms with Crippen LogP contribution in [0.5, 0.6) is 0 Å². The van der Waals surface area contributed by atoms with Crippen molar-refractivity contribution < 1.29 is 59.3 Å². The van der Waals surface area contributed by atoms with Crippen LogP contribution in [0.4, 0.5) is 0 Å². The molecule has 0 fully saturated rings. The predicted molar refractivity (Wildman–Crippen MR) is 98.2 cm³/mol. The van der Waals surface area contributed by atoms with Crippen molar-refractivity contribution in [1.29, 1.82) is 0 Å². The number of ether oxygens (including phenoxy) is 2. The Labute approximate surface area is 173 Å². The van der Waals surface area contributed by atoms with Gasteiger partial charge in [0, 0.05) is 25.7 Å². The van der Waals surface area contributed by atoms with Crippen molar-refractivity contribution in [2.24, 2.45) is 0 Å². The summed E-state index contributed by atoms with van der Waals surface area (Å²) in [4.78, 5) is 43.7. The zero-order valence-corrected chi connectivity index (χ0v) is 16.5. The van der Waals surface area contributed by atoms with Crippen molar-refractivity contribution in [3.05, 3.63) is 0 Å². The number of aliphatic hydroxyl groups excluding tert-OH is 4. The van der Waals surface area contributed by atoms with Crippen LogP contribution in [0.1, 0.15) is 51.4 Å². The Morgan fingerprint density at radius 3 is 1.17 bits per heavy atom. The highest BCUT2D eigenvalue weighted by Crippen LogP contribution is 2.09. The van der Waals surface area contributed by atoms with Gasteiger partial charge in [0.05, 0.1) is 0 Å². The molecule has 0 aromatic rings. The first-order valence-corrected chi connectivity index (χ1v) is 9.51. The molecule has 0 aliphatic carbocycles. The lowest BCUT2D eigenvalue weighted by molar-refractivity contribution is -0.162. The zero-order valence-electron chi connectivity index (χ0n) is 16.5. The molecule has 0 amide bonds. The number of aliphatic carboxylic acids is 2. The molecule has 174 valence electrons. The summed E-state index contributed by atoms with van der Waals surface area (Å²) in [5.41, 5.74) is 0. The largest absolute Gasteiger partial charge is 0.481 e. The summed E-state index contributed by atoms with van der Waals surface area (Å²) in [6.45, 7) is -1.32. The average Bonchev–Trinajstić information content (AvgIpc) is 2.69. The van der Waals surface area contributed by atoms with E-state index < -0.39 is 61.5 Å². The van der Waals surface area contributed by atoms with E-state index in [1.54, 1.807) is 0 Å². The second kappa shape index (κ2) is 15.5. The number of carboxylic acid groups (broad SMARTS) is 2. The van der Waals surface area contributed by atoms with E-state index in [1.807, 2.05) is 0 Å². The standard InChI is InChI=1S/C18H30O12/c19-11(9-29-15(25)7-3-1-5-13(21)22)17(27)18(28)12(20)10-30-16(26)8-4-2-6-14(23)24/h11-12,17-20,27-28H,1-10H2,(H,21,22)(H,23,24). The molecule has 0 aromatic heterocycles. The van der Waals surface area contributed by atoms with E-state index in [0.717, 1.165) is 0 Å². The van der Waals surface area contributed by atoms with Crippen molar-refractivity contribution >= 4 is 23.9 Å². The van der Waals surface area contributed by atoms with Gasteiger partial charge in [0.1, 0.15) is 37.6 Å². The summed E-state index contributed by atoms with van der Waals surface area (Å²) >= 11 is 0. The molecule has 0 rings (SSSR count). The number of rotatable bonds is 17. The smallest absolute Gasteiger partial charge is 0.305 e. The summed E-state index contributed by atoms with van der Waals surface area (Å²) in [5, 5.41) is 56.1. The molecule has 4 atom stereocenters. The zero-order chi connectivity index (χ0) is 23.1. The van der Waals surface area contributed by atoms with Gasteiger partial charge in [-0.3, -0.25) is 19.2 Å². The fourth-order valence-electron chi connectivity index (χ4n) is 2.24. The van der Waals surface area contributed by atoms with Crippen LogP contribution in [0.2, 0.25) is 0 Å². The minimum atomic E-state index is -1.89. The van der Waals surface area contributed by atoms with E-state index in [0.29, 0.717) is 0 Å². The Balaban J connectivity index is 4.10. The summed E-state index contributed by atoms with van der Waals surface area (Å²) < 4.78 is 9.43. The maximum absolute atomic E-state index is 11.5. The van der Waals surface area contributed by atoms with Gasteiger partial charge in [0.25, 0.3) is 0 Å². The van der Waals surface area contributed by atoms with Crippen molar-refractivity contribution in [3.8, 4) is 0 Å². The van der Waals surface area contributed by atoms with Gasteiger partial charge in [-0.2, -0.15) is 0 Å². The van der Waals surface area contributed by atoms with Crippen LogP contribution in [0.3, 0.4) is 0 Å². The van der Waals surface area contributed by atoms with Gasteiger partial charge in [0.15, 0.2) is 0 Å². The molecule has 30 heavy (non-hydrogen) atoms. The van der Waals surface area contributed by atoms with Crippen LogP contribution in [0.15, 0.2) is 0 Å². The van der Waals surface area contributed by atoms with Crippen LogP contribution < -0.4 is 0 Å². The molecule has 4 unspecified atom stereocenters. The van der Waals surface area contributed by atoms with Crippen LogP contribution >= 0.6 is 0 Å². The van der Waals surface area contributed by atoms with Gasteiger partial charge in [-0.1, -0.05) is 0 Å². The number of hydrogen-bond acceptors (Lipinski definition) is 10. The quantitative estimate of drug-likeness (QED) is 0.117. The molecule has 0 bridgehead atoms. The third-order valence-electron chi connectivity index (χ3n) is 4.01. The molecule has 0 aliphatic heterocycles. The molecule has 0 aliphatic rings. The van der Waals surface area contributed by atoms with Gasteiger partial charge in [-0.25, -0.2) is 0 Å². The Morgan fingerprint density at radius 2 is 0.867 bits per heavy atom. The Morgan fingerprint density at radius 1 is 0.567 bits per heavy atom. The number of carbonyl (C=O) groups excluding carboxylic acids is 2. The van der Waals surface area contributed by atoms with Crippen LogP contribution in [0, 0.1) is 0 Å². The fraction of sp³-hybridized carbons (Fsp3) is 0.778. The minimum absolute atomic E-state index is 0.0797.